The molecule has 63 heavy (non-hydrogen) atoms. The highest BCUT2D eigenvalue weighted by molar-refractivity contribution is 6.18. The van der Waals surface area contributed by atoms with Crippen molar-refractivity contribution in [1.29, 1.82) is 0 Å². The van der Waals surface area contributed by atoms with Gasteiger partial charge < -0.3 is 8.83 Å². The number of hydrogen-bond donors (Lipinski definition) is 0. The van der Waals surface area contributed by atoms with Gasteiger partial charge >= 0.3 is 0 Å². The van der Waals surface area contributed by atoms with Crippen molar-refractivity contribution >= 4 is 54.6 Å². The maximum Gasteiger partial charge on any atom is 0.160 e. The van der Waals surface area contributed by atoms with Crippen molar-refractivity contribution in [2.24, 2.45) is 0 Å². The van der Waals surface area contributed by atoms with Crippen molar-refractivity contribution in [2.75, 3.05) is 0 Å². The van der Waals surface area contributed by atoms with Crippen LogP contribution in [0.1, 0.15) is 25.0 Å². The molecule has 1 aliphatic rings. The topological polar surface area (TPSA) is 52.1 Å². The van der Waals surface area contributed by atoms with E-state index in [4.69, 9.17) is 18.8 Å². The summed E-state index contributed by atoms with van der Waals surface area (Å²) in [6, 6.07) is 68.9. The number of hydrogen-bond acceptors (Lipinski definition) is 4. The molecule has 0 N–H and O–H groups in total. The van der Waals surface area contributed by atoms with E-state index >= 15 is 0 Å². The third-order valence-corrected chi connectivity index (χ3v) is 13.3. The molecule has 4 nitrogen and oxygen atoms in total. The molecule has 0 atom stereocenters. The summed E-state index contributed by atoms with van der Waals surface area (Å²) in [5, 5.41) is 6.75. The number of rotatable bonds is 5. The standard InChI is InChI=1S/C59H38N2O2/c1-59(2)48-25-12-23-42(56(48)46-30-36-16-6-7-17-37(36)31-49(46)59)38-18-10-20-40(28-38)50-34-51(61-58(60-50)35-14-4-3-5-15-35)41-21-11-19-39(29-41)43-24-13-27-53-57(43)47-33-54-45(32-55(47)63-53)44-22-8-9-26-52(44)62-54/h3-34H,1-2H3. The second kappa shape index (κ2) is 13.5. The lowest BCUT2D eigenvalue weighted by Crippen LogP contribution is -2.14. The van der Waals surface area contributed by atoms with E-state index in [9.17, 15) is 0 Å². The molecule has 296 valence electrons. The van der Waals surface area contributed by atoms with Crippen LogP contribution in [-0.2, 0) is 5.41 Å². The fourth-order valence-electron chi connectivity index (χ4n) is 10.1. The van der Waals surface area contributed by atoms with Gasteiger partial charge in [0.1, 0.15) is 22.3 Å². The molecule has 9 aromatic carbocycles. The molecule has 0 spiro atoms. The van der Waals surface area contributed by atoms with Crippen LogP contribution < -0.4 is 0 Å². The van der Waals surface area contributed by atoms with E-state index in [1.807, 2.05) is 42.5 Å². The van der Waals surface area contributed by atoms with E-state index in [0.29, 0.717) is 5.82 Å². The number of fused-ring (bicyclic) bond motifs is 10. The molecule has 0 saturated carbocycles. The van der Waals surface area contributed by atoms with E-state index in [-0.39, 0.29) is 5.41 Å². The average Bonchev–Trinajstić information content (AvgIpc) is 3.96. The van der Waals surface area contributed by atoms with Gasteiger partial charge in [-0.25, -0.2) is 9.97 Å². The molecule has 0 fully saturated rings. The van der Waals surface area contributed by atoms with Crippen molar-refractivity contribution in [3.8, 4) is 67.3 Å². The van der Waals surface area contributed by atoms with Gasteiger partial charge in [0, 0.05) is 43.7 Å². The first-order valence-electron chi connectivity index (χ1n) is 21.5. The van der Waals surface area contributed by atoms with E-state index in [1.54, 1.807) is 0 Å². The van der Waals surface area contributed by atoms with Crippen LogP contribution in [0.2, 0.25) is 0 Å². The first kappa shape index (κ1) is 35.7. The van der Waals surface area contributed by atoms with Crippen molar-refractivity contribution in [3.63, 3.8) is 0 Å². The SMILES string of the molecule is CC1(C)c2cc3ccccc3cc2-c2c(-c3cccc(-c4cc(-c5cccc(-c6cccc7oc8cc9c(cc8c67)oc6ccccc69)c5)nc(-c5ccccc5)n4)c3)cccc21. The molecule has 13 rings (SSSR count). The number of aromatic nitrogens is 2. The molecule has 0 aliphatic heterocycles. The van der Waals surface area contributed by atoms with Crippen LogP contribution in [-0.4, -0.2) is 9.97 Å². The molecule has 0 amide bonds. The highest BCUT2D eigenvalue weighted by Gasteiger charge is 2.37. The molecule has 0 bridgehead atoms. The number of para-hydroxylation sites is 1. The van der Waals surface area contributed by atoms with Crippen LogP contribution in [0.15, 0.2) is 203 Å². The zero-order valence-corrected chi connectivity index (χ0v) is 34.7. The van der Waals surface area contributed by atoms with Crippen molar-refractivity contribution in [3.05, 3.63) is 205 Å². The number of nitrogens with zero attached hydrogens (tertiary/aromatic N) is 2. The Morgan fingerprint density at radius 1 is 0.365 bits per heavy atom. The Bertz CT molecular complexity index is 3830. The predicted molar refractivity (Wildman–Crippen MR) is 259 cm³/mol. The van der Waals surface area contributed by atoms with Gasteiger partial charge in [-0.1, -0.05) is 153 Å². The van der Waals surface area contributed by atoms with E-state index in [1.165, 1.54) is 38.6 Å². The van der Waals surface area contributed by atoms with Crippen molar-refractivity contribution in [2.45, 2.75) is 19.3 Å². The Hall–Kier alpha value is -8.08. The summed E-state index contributed by atoms with van der Waals surface area (Å²) in [6.07, 6.45) is 0. The third kappa shape index (κ3) is 5.54. The van der Waals surface area contributed by atoms with Gasteiger partial charge in [0.05, 0.1) is 11.4 Å². The van der Waals surface area contributed by atoms with E-state index < -0.39 is 0 Å². The van der Waals surface area contributed by atoms with Gasteiger partial charge in [0.25, 0.3) is 0 Å². The largest absolute Gasteiger partial charge is 0.456 e. The Morgan fingerprint density at radius 3 is 1.73 bits per heavy atom. The molecule has 3 heterocycles. The summed E-state index contributed by atoms with van der Waals surface area (Å²) in [4.78, 5) is 10.5. The summed E-state index contributed by atoms with van der Waals surface area (Å²) in [7, 11) is 0. The van der Waals surface area contributed by atoms with E-state index in [0.717, 1.165) is 88.6 Å². The lowest BCUT2D eigenvalue weighted by molar-refractivity contribution is 0.661. The van der Waals surface area contributed by atoms with Crippen LogP contribution in [0, 0.1) is 0 Å². The summed E-state index contributed by atoms with van der Waals surface area (Å²) < 4.78 is 12.9. The Labute approximate surface area is 363 Å². The zero-order chi connectivity index (χ0) is 41.8. The van der Waals surface area contributed by atoms with Gasteiger partial charge in [0.15, 0.2) is 5.82 Å². The normalized spacial score (nSPS) is 13.0. The highest BCUT2D eigenvalue weighted by atomic mass is 16.3. The lowest BCUT2D eigenvalue weighted by Gasteiger charge is -2.22. The molecule has 1 aliphatic carbocycles. The molecular formula is C59H38N2O2. The van der Waals surface area contributed by atoms with E-state index in [2.05, 4.69) is 166 Å². The van der Waals surface area contributed by atoms with Gasteiger partial charge in [-0.05, 0) is 110 Å². The molecule has 4 heteroatoms. The van der Waals surface area contributed by atoms with Crippen LogP contribution in [0.5, 0.6) is 0 Å². The molecule has 0 unspecified atom stereocenters. The minimum atomic E-state index is -0.125. The Kier molecular flexibility index (Phi) is 7.62. The Balaban J connectivity index is 0.946. The quantitative estimate of drug-likeness (QED) is 0.174. The summed E-state index contributed by atoms with van der Waals surface area (Å²) in [5.74, 6) is 0.680. The number of benzene rings is 9. The first-order chi connectivity index (χ1) is 30.9. The highest BCUT2D eigenvalue weighted by Crippen LogP contribution is 2.53. The fourth-order valence-corrected chi connectivity index (χ4v) is 10.1. The molecular weight excluding hydrogens is 769 g/mol. The molecule has 0 saturated heterocycles. The minimum Gasteiger partial charge on any atom is -0.456 e. The van der Waals surface area contributed by atoms with Crippen LogP contribution in [0.25, 0.3) is 122 Å². The summed E-state index contributed by atoms with van der Waals surface area (Å²) in [6.45, 7) is 4.71. The molecule has 3 aromatic heterocycles. The van der Waals surface area contributed by atoms with Crippen LogP contribution in [0.4, 0.5) is 0 Å². The predicted octanol–water partition coefficient (Wildman–Crippen LogP) is 16.1. The lowest BCUT2D eigenvalue weighted by atomic mass is 9.81. The summed E-state index contributed by atoms with van der Waals surface area (Å²) in [5.41, 5.74) is 17.9. The monoisotopic (exact) mass is 806 g/mol. The number of furan rings is 2. The fraction of sp³-hybridized carbons (Fsp3) is 0.0508. The first-order valence-corrected chi connectivity index (χ1v) is 21.5. The minimum absolute atomic E-state index is 0.125. The maximum absolute atomic E-state index is 6.53. The summed E-state index contributed by atoms with van der Waals surface area (Å²) >= 11 is 0. The average molecular weight is 807 g/mol. The zero-order valence-electron chi connectivity index (χ0n) is 34.7. The van der Waals surface area contributed by atoms with Crippen LogP contribution >= 0.6 is 0 Å². The van der Waals surface area contributed by atoms with Crippen LogP contribution in [0.3, 0.4) is 0 Å². The second-order valence-corrected chi connectivity index (χ2v) is 17.3. The van der Waals surface area contributed by atoms with Gasteiger partial charge in [0.2, 0.25) is 0 Å². The molecule has 0 radical (unpaired) electrons. The van der Waals surface area contributed by atoms with Gasteiger partial charge in [-0.3, -0.25) is 0 Å². The van der Waals surface area contributed by atoms with Crippen molar-refractivity contribution in [1.82, 2.24) is 9.97 Å². The second-order valence-electron chi connectivity index (χ2n) is 17.3. The third-order valence-electron chi connectivity index (χ3n) is 13.3. The molecule has 12 aromatic rings. The van der Waals surface area contributed by atoms with Gasteiger partial charge in [-0.2, -0.15) is 0 Å². The Morgan fingerprint density at radius 2 is 0.937 bits per heavy atom. The van der Waals surface area contributed by atoms with Gasteiger partial charge in [-0.15, -0.1) is 0 Å². The smallest absolute Gasteiger partial charge is 0.160 e. The van der Waals surface area contributed by atoms with Crippen molar-refractivity contribution < 1.29 is 8.83 Å². The maximum atomic E-state index is 6.53.